The van der Waals surface area contributed by atoms with E-state index in [1.54, 1.807) is 0 Å². The summed E-state index contributed by atoms with van der Waals surface area (Å²) in [6.45, 7) is 1.42. The Morgan fingerprint density at radius 1 is 1.17 bits per heavy atom. The van der Waals surface area contributed by atoms with Crippen LogP contribution in [-0.2, 0) is 35.1 Å². The summed E-state index contributed by atoms with van der Waals surface area (Å²) in [6.07, 6.45) is -0.0655. The topological polar surface area (TPSA) is 150 Å². The van der Waals surface area contributed by atoms with Gasteiger partial charge in [0.05, 0.1) is 18.3 Å². The Bertz CT molecular complexity index is 1510. The highest BCUT2D eigenvalue weighted by atomic mass is 35.5. The van der Waals surface area contributed by atoms with E-state index in [9.17, 15) is 32.3 Å². The van der Waals surface area contributed by atoms with E-state index in [-0.39, 0.29) is 35.4 Å². The Hall–Kier alpha value is -3.10. The molecule has 0 saturated carbocycles. The van der Waals surface area contributed by atoms with E-state index in [2.05, 4.69) is 24.6 Å². The molecule has 0 aliphatic carbocycles. The molecule has 2 N–H and O–H groups in total. The van der Waals surface area contributed by atoms with Gasteiger partial charge in [0.2, 0.25) is 5.28 Å². The first-order valence-electron chi connectivity index (χ1n) is 10.3. The summed E-state index contributed by atoms with van der Waals surface area (Å²) in [4.78, 5) is 43.3. The lowest BCUT2D eigenvalue weighted by Crippen LogP contribution is -2.24. The van der Waals surface area contributed by atoms with Crippen LogP contribution in [0.3, 0.4) is 0 Å². The minimum absolute atomic E-state index is 0.0603. The van der Waals surface area contributed by atoms with Crippen LogP contribution in [0, 0.1) is 0 Å². The van der Waals surface area contributed by atoms with Crippen LogP contribution < -0.4 is 5.56 Å². The highest BCUT2D eigenvalue weighted by Gasteiger charge is 2.32. The molecule has 192 valence electrons. The lowest BCUT2D eigenvalue weighted by molar-refractivity contribution is -0.141. The fourth-order valence-corrected chi connectivity index (χ4v) is 3.93. The highest BCUT2D eigenvalue weighted by molar-refractivity contribution is 7.46. The molecule has 0 aromatic carbocycles. The van der Waals surface area contributed by atoms with Gasteiger partial charge < -0.3 is 9.79 Å². The zero-order valence-corrected chi connectivity index (χ0v) is 20.1. The van der Waals surface area contributed by atoms with Crippen molar-refractivity contribution in [1.82, 2.24) is 33.9 Å². The Balaban J connectivity index is 1.74. The van der Waals surface area contributed by atoms with E-state index in [0.717, 1.165) is 16.8 Å². The molecular formula is C19H18ClF3N7O5P. The van der Waals surface area contributed by atoms with Crippen LogP contribution in [0.15, 0.2) is 35.5 Å². The Kier molecular flexibility index (Phi) is 7.03. The molecule has 0 spiro atoms. The normalized spacial score (nSPS) is 12.5. The summed E-state index contributed by atoms with van der Waals surface area (Å²) in [5.41, 5.74) is -1.00. The maximum atomic E-state index is 13.1. The van der Waals surface area contributed by atoms with Gasteiger partial charge in [0, 0.05) is 18.9 Å². The van der Waals surface area contributed by atoms with E-state index >= 15 is 0 Å². The first-order chi connectivity index (χ1) is 16.9. The number of nitrogens with zero attached hydrogens (tertiary/aromatic N) is 7. The van der Waals surface area contributed by atoms with E-state index < -0.39 is 32.0 Å². The number of imidazole rings is 1. The first kappa shape index (κ1) is 26.0. The number of phosphoric acid groups is 1. The standard InChI is InChI=1S/C19H18ClF3N7O5P/c1-2-5-29-17(31)14-15(27-18(29)20)26-16(30(14)10-35-36(32,33)34)12-7-25-28(9-12)8-11-3-4-13(24-6-11)19(21,22)23/h3-4,6-7,9H,2,5,8,10H2,1H3,(H2,32,33,34). The van der Waals surface area contributed by atoms with Gasteiger partial charge in [0.15, 0.2) is 11.2 Å². The van der Waals surface area contributed by atoms with Gasteiger partial charge in [-0.15, -0.1) is 0 Å². The average molecular weight is 548 g/mol. The van der Waals surface area contributed by atoms with E-state index in [1.165, 1.54) is 27.7 Å². The van der Waals surface area contributed by atoms with Crippen LogP contribution in [0.5, 0.6) is 0 Å². The lowest BCUT2D eigenvalue weighted by Gasteiger charge is -2.11. The van der Waals surface area contributed by atoms with Crippen molar-refractivity contribution in [3.05, 3.63) is 57.6 Å². The Labute approximate surface area is 205 Å². The smallest absolute Gasteiger partial charge is 0.303 e. The van der Waals surface area contributed by atoms with Crippen LogP contribution in [0.2, 0.25) is 5.28 Å². The molecule has 36 heavy (non-hydrogen) atoms. The van der Waals surface area contributed by atoms with Crippen LogP contribution in [0.1, 0.15) is 24.6 Å². The van der Waals surface area contributed by atoms with Crippen molar-refractivity contribution in [3.63, 3.8) is 0 Å². The number of hydrogen-bond acceptors (Lipinski definition) is 7. The minimum atomic E-state index is -4.91. The minimum Gasteiger partial charge on any atom is -0.303 e. The van der Waals surface area contributed by atoms with E-state index in [1.807, 2.05) is 6.92 Å². The number of alkyl halides is 3. The van der Waals surface area contributed by atoms with Crippen molar-refractivity contribution in [3.8, 4) is 11.4 Å². The van der Waals surface area contributed by atoms with E-state index in [4.69, 9.17) is 11.6 Å². The second-order valence-corrected chi connectivity index (χ2v) is 9.18. The van der Waals surface area contributed by atoms with Gasteiger partial charge in [-0.1, -0.05) is 13.0 Å². The number of pyridine rings is 1. The molecule has 17 heteroatoms. The van der Waals surface area contributed by atoms with Gasteiger partial charge in [-0.3, -0.25) is 28.1 Å². The summed E-state index contributed by atoms with van der Waals surface area (Å²) < 4.78 is 57.9. The summed E-state index contributed by atoms with van der Waals surface area (Å²) in [7, 11) is -4.91. The number of phosphoric ester groups is 1. The largest absolute Gasteiger partial charge is 0.471 e. The molecule has 0 radical (unpaired) electrons. The van der Waals surface area contributed by atoms with Crippen molar-refractivity contribution < 1.29 is 32.0 Å². The monoisotopic (exact) mass is 547 g/mol. The average Bonchev–Trinajstić information content (AvgIpc) is 3.38. The Morgan fingerprint density at radius 3 is 2.53 bits per heavy atom. The molecule has 4 aromatic heterocycles. The molecule has 4 heterocycles. The number of hydrogen-bond donors (Lipinski definition) is 2. The molecule has 0 amide bonds. The molecule has 12 nitrogen and oxygen atoms in total. The summed E-state index contributed by atoms with van der Waals surface area (Å²) >= 11 is 6.13. The number of aromatic nitrogens is 7. The summed E-state index contributed by atoms with van der Waals surface area (Å²) in [5, 5.41) is 4.05. The van der Waals surface area contributed by atoms with Crippen molar-refractivity contribution in [2.45, 2.75) is 39.3 Å². The molecule has 0 saturated heterocycles. The third-order valence-corrected chi connectivity index (χ3v) is 5.71. The highest BCUT2D eigenvalue weighted by Crippen LogP contribution is 2.37. The molecule has 0 aliphatic heterocycles. The van der Waals surface area contributed by atoms with E-state index in [0.29, 0.717) is 17.5 Å². The molecule has 0 bridgehead atoms. The summed E-state index contributed by atoms with van der Waals surface area (Å²) in [6, 6.07) is 2.12. The van der Waals surface area contributed by atoms with Crippen molar-refractivity contribution >= 4 is 30.6 Å². The van der Waals surface area contributed by atoms with Crippen LogP contribution in [0.25, 0.3) is 22.6 Å². The molecule has 0 aliphatic rings. The summed E-state index contributed by atoms with van der Waals surface area (Å²) in [5.74, 6) is 0.0603. The molecule has 0 fully saturated rings. The fraction of sp³-hybridized carbons (Fsp3) is 0.316. The number of rotatable bonds is 8. The molecule has 4 aromatic rings. The zero-order valence-electron chi connectivity index (χ0n) is 18.4. The third-order valence-electron chi connectivity index (χ3n) is 4.97. The maximum absolute atomic E-state index is 13.1. The van der Waals surface area contributed by atoms with Gasteiger partial charge >= 0.3 is 14.0 Å². The third kappa shape index (κ3) is 5.50. The van der Waals surface area contributed by atoms with Gasteiger partial charge in [0.1, 0.15) is 18.2 Å². The van der Waals surface area contributed by atoms with Crippen molar-refractivity contribution in [1.29, 1.82) is 0 Å². The first-order valence-corrected chi connectivity index (χ1v) is 12.2. The lowest BCUT2D eigenvalue weighted by atomic mass is 10.2. The predicted molar refractivity (Wildman–Crippen MR) is 120 cm³/mol. The quantitative estimate of drug-likeness (QED) is 0.250. The maximum Gasteiger partial charge on any atom is 0.471 e. The fourth-order valence-electron chi connectivity index (χ4n) is 3.42. The van der Waals surface area contributed by atoms with Gasteiger partial charge in [-0.25, -0.2) is 9.55 Å². The number of halogens is 4. The van der Waals surface area contributed by atoms with Crippen LogP contribution in [-0.4, -0.2) is 43.7 Å². The number of fused-ring (bicyclic) bond motifs is 1. The Morgan fingerprint density at radius 2 is 1.92 bits per heavy atom. The van der Waals surface area contributed by atoms with Crippen LogP contribution >= 0.6 is 19.4 Å². The molecule has 0 unspecified atom stereocenters. The molecule has 4 rings (SSSR count). The second-order valence-electron chi connectivity index (χ2n) is 7.60. The van der Waals surface area contributed by atoms with Gasteiger partial charge in [-0.2, -0.15) is 23.3 Å². The van der Waals surface area contributed by atoms with Crippen molar-refractivity contribution in [2.24, 2.45) is 0 Å². The SMILES string of the molecule is CCCn1c(Cl)nc2nc(-c3cnn(Cc4ccc(C(F)(F)F)nc4)c3)n(COP(=O)(O)O)c2c1=O. The van der Waals surface area contributed by atoms with Crippen molar-refractivity contribution in [2.75, 3.05) is 0 Å². The molecule has 0 atom stereocenters. The molecular weight excluding hydrogens is 530 g/mol. The van der Waals surface area contributed by atoms with Gasteiger partial charge in [-0.05, 0) is 29.7 Å². The second kappa shape index (κ2) is 9.75. The van der Waals surface area contributed by atoms with Crippen LogP contribution in [0.4, 0.5) is 13.2 Å². The predicted octanol–water partition coefficient (Wildman–Crippen LogP) is 3.05. The van der Waals surface area contributed by atoms with Gasteiger partial charge in [0.25, 0.3) is 5.56 Å². The zero-order chi connectivity index (χ0) is 26.3.